The molecule has 0 aromatic heterocycles. The molecule has 0 atom stereocenters. The van der Waals surface area contributed by atoms with Crippen LogP contribution in [0.5, 0.6) is 0 Å². The van der Waals surface area contributed by atoms with Crippen molar-refractivity contribution in [1.82, 2.24) is 0 Å². The van der Waals surface area contributed by atoms with Crippen molar-refractivity contribution in [2.75, 3.05) is 19.8 Å². The molecular weight excluding hydrogens is 328 g/mol. The highest BCUT2D eigenvalue weighted by Crippen LogP contribution is 2.14. The van der Waals surface area contributed by atoms with Crippen molar-refractivity contribution in [2.45, 2.75) is 66.2 Å². The third-order valence-electron chi connectivity index (χ3n) is 3.99. The van der Waals surface area contributed by atoms with Gasteiger partial charge in [0, 0.05) is 6.92 Å². The van der Waals surface area contributed by atoms with Gasteiger partial charge in [0.15, 0.2) is 0 Å². The maximum Gasteiger partial charge on any atom is 0.302 e. The number of aliphatic hydroxyl groups excluding tert-OH is 2. The van der Waals surface area contributed by atoms with Gasteiger partial charge in [0.2, 0.25) is 0 Å². The molecule has 0 unspecified atom stereocenters. The predicted octanol–water partition coefficient (Wildman–Crippen LogP) is 4.64. The van der Waals surface area contributed by atoms with Crippen molar-refractivity contribution in [3.05, 3.63) is 46.6 Å². The molecule has 4 nitrogen and oxygen atoms in total. The minimum Gasteiger partial charge on any atom is -0.461 e. The average Bonchev–Trinajstić information content (AvgIpc) is 2.57. The van der Waals surface area contributed by atoms with E-state index in [9.17, 15) is 9.90 Å². The molecule has 4 heteroatoms. The molecule has 0 aromatic rings. The molecule has 0 spiro atoms. The fourth-order valence-corrected chi connectivity index (χ4v) is 2.44. The second-order valence-electron chi connectivity index (χ2n) is 6.79. The maximum absolute atomic E-state index is 11.1. The molecule has 0 radical (unpaired) electrons. The summed E-state index contributed by atoms with van der Waals surface area (Å²) in [6.07, 6.45) is 13.4. The minimum atomic E-state index is -0.264. The Bertz CT molecular complexity index is 520. The molecule has 0 bridgehead atoms. The van der Waals surface area contributed by atoms with E-state index >= 15 is 0 Å². The summed E-state index contributed by atoms with van der Waals surface area (Å²) in [5.74, 6) is -0.264. The van der Waals surface area contributed by atoms with Crippen molar-refractivity contribution in [3.63, 3.8) is 0 Å². The lowest BCUT2D eigenvalue weighted by atomic mass is 10.0. The van der Waals surface area contributed by atoms with Gasteiger partial charge in [-0.15, -0.1) is 0 Å². The Balaban J connectivity index is 4.59. The zero-order chi connectivity index (χ0) is 19.8. The van der Waals surface area contributed by atoms with Crippen LogP contribution in [0.25, 0.3) is 0 Å². The Labute approximate surface area is 159 Å². The Hall–Kier alpha value is -1.65. The topological polar surface area (TPSA) is 66.8 Å². The zero-order valence-electron chi connectivity index (χ0n) is 16.9. The number of esters is 1. The number of hydrogen-bond acceptors (Lipinski definition) is 4. The van der Waals surface area contributed by atoms with Crippen LogP contribution in [0, 0.1) is 0 Å². The highest BCUT2D eigenvalue weighted by Gasteiger charge is 2.02. The van der Waals surface area contributed by atoms with Crippen LogP contribution in [0.3, 0.4) is 0 Å². The van der Waals surface area contributed by atoms with Gasteiger partial charge in [0.05, 0.1) is 13.2 Å². The Morgan fingerprint density at radius 3 is 1.96 bits per heavy atom. The molecule has 0 saturated heterocycles. The van der Waals surface area contributed by atoms with Gasteiger partial charge >= 0.3 is 5.97 Å². The Kier molecular flexibility index (Phi) is 14.6. The third kappa shape index (κ3) is 14.7. The van der Waals surface area contributed by atoms with Gasteiger partial charge in [-0.05, 0) is 70.4 Å². The largest absolute Gasteiger partial charge is 0.461 e. The van der Waals surface area contributed by atoms with Crippen LogP contribution in [-0.2, 0) is 9.53 Å². The summed E-state index contributed by atoms with van der Waals surface area (Å²) >= 11 is 0. The van der Waals surface area contributed by atoms with E-state index in [1.54, 1.807) is 0 Å². The zero-order valence-corrected chi connectivity index (χ0v) is 16.9. The number of aliphatic hydroxyl groups is 2. The minimum absolute atomic E-state index is 0.0631. The van der Waals surface area contributed by atoms with Gasteiger partial charge in [-0.3, -0.25) is 4.79 Å². The molecule has 148 valence electrons. The fourth-order valence-electron chi connectivity index (χ4n) is 2.44. The average molecular weight is 365 g/mol. The summed E-state index contributed by atoms with van der Waals surface area (Å²) in [7, 11) is 0. The summed E-state index contributed by atoms with van der Waals surface area (Å²) < 4.78 is 5.14. The number of carbonyl (C=O) groups excluding carboxylic acids is 1. The SMILES string of the molecule is CC(=O)OC/C(=C/CC/C(=C/CC/C(C)=C\CO)CO)CCC=C(C)C. The van der Waals surface area contributed by atoms with Crippen LogP contribution in [0.2, 0.25) is 0 Å². The van der Waals surface area contributed by atoms with Crippen LogP contribution in [-0.4, -0.2) is 36.0 Å². The summed E-state index contributed by atoms with van der Waals surface area (Å²) in [5.41, 5.74) is 4.59. The third-order valence-corrected chi connectivity index (χ3v) is 3.99. The van der Waals surface area contributed by atoms with Crippen LogP contribution in [0.4, 0.5) is 0 Å². The van der Waals surface area contributed by atoms with Gasteiger partial charge in [-0.1, -0.05) is 35.5 Å². The van der Waals surface area contributed by atoms with E-state index in [-0.39, 0.29) is 19.2 Å². The van der Waals surface area contributed by atoms with Crippen molar-refractivity contribution >= 4 is 5.97 Å². The molecule has 0 saturated carbocycles. The van der Waals surface area contributed by atoms with Crippen molar-refractivity contribution in [2.24, 2.45) is 0 Å². The second-order valence-corrected chi connectivity index (χ2v) is 6.79. The highest BCUT2D eigenvalue weighted by atomic mass is 16.5. The van der Waals surface area contributed by atoms with E-state index in [1.807, 2.05) is 13.0 Å². The number of hydrogen-bond donors (Lipinski definition) is 2. The first-order chi connectivity index (χ1) is 12.4. The number of allylic oxidation sites excluding steroid dienone is 5. The first kappa shape index (κ1) is 24.4. The van der Waals surface area contributed by atoms with Crippen molar-refractivity contribution in [3.8, 4) is 0 Å². The fraction of sp³-hybridized carbons (Fsp3) is 0.591. The van der Waals surface area contributed by atoms with Crippen LogP contribution in [0.15, 0.2) is 46.6 Å². The van der Waals surface area contributed by atoms with Crippen molar-refractivity contribution in [1.29, 1.82) is 0 Å². The first-order valence-electron chi connectivity index (χ1n) is 9.38. The van der Waals surface area contributed by atoms with E-state index in [2.05, 4.69) is 32.1 Å². The second kappa shape index (κ2) is 15.6. The van der Waals surface area contributed by atoms with Crippen LogP contribution < -0.4 is 0 Å². The van der Waals surface area contributed by atoms with Crippen molar-refractivity contribution < 1.29 is 19.7 Å². The Morgan fingerprint density at radius 1 is 0.808 bits per heavy atom. The molecule has 0 amide bonds. The molecule has 0 aromatic carbocycles. The lowest BCUT2D eigenvalue weighted by Crippen LogP contribution is -2.03. The van der Waals surface area contributed by atoms with Gasteiger partial charge in [0.1, 0.15) is 6.61 Å². The molecule has 0 aliphatic heterocycles. The molecule has 0 fully saturated rings. The van der Waals surface area contributed by atoms with Gasteiger partial charge in [-0.25, -0.2) is 0 Å². The van der Waals surface area contributed by atoms with E-state index in [1.165, 1.54) is 12.5 Å². The first-order valence-corrected chi connectivity index (χ1v) is 9.38. The van der Waals surface area contributed by atoms with E-state index < -0.39 is 0 Å². The van der Waals surface area contributed by atoms with Crippen LogP contribution >= 0.6 is 0 Å². The van der Waals surface area contributed by atoms with E-state index in [0.717, 1.165) is 55.2 Å². The quantitative estimate of drug-likeness (QED) is 0.369. The summed E-state index contributed by atoms with van der Waals surface area (Å²) in [4.78, 5) is 11.1. The lowest BCUT2D eigenvalue weighted by molar-refractivity contribution is -0.140. The summed E-state index contributed by atoms with van der Waals surface area (Å²) in [5, 5.41) is 18.4. The van der Waals surface area contributed by atoms with Crippen LogP contribution in [0.1, 0.15) is 66.2 Å². The molecule has 0 heterocycles. The van der Waals surface area contributed by atoms with E-state index in [4.69, 9.17) is 9.84 Å². The molecule has 2 N–H and O–H groups in total. The lowest BCUT2D eigenvalue weighted by Gasteiger charge is -2.08. The molecular formula is C22H36O4. The number of ether oxygens (including phenoxy) is 1. The monoisotopic (exact) mass is 364 g/mol. The Morgan fingerprint density at radius 2 is 1.38 bits per heavy atom. The van der Waals surface area contributed by atoms with Gasteiger partial charge in [-0.2, -0.15) is 0 Å². The molecule has 0 aliphatic carbocycles. The standard InChI is InChI=1S/C22H36O4/c1-18(2)8-5-12-22(17-26-20(4)25)13-7-11-21(16-24)10-6-9-19(3)14-15-23/h8,10,13-14,23-24H,5-7,9,11-12,15-17H2,1-4H3/b19-14-,21-10-,22-13+. The highest BCUT2D eigenvalue weighted by molar-refractivity contribution is 5.66. The molecule has 0 aliphatic rings. The number of carbonyl (C=O) groups is 1. The summed E-state index contributed by atoms with van der Waals surface area (Å²) in [6, 6.07) is 0. The van der Waals surface area contributed by atoms with E-state index in [0.29, 0.717) is 6.61 Å². The van der Waals surface area contributed by atoms with Gasteiger partial charge in [0.25, 0.3) is 0 Å². The predicted molar refractivity (Wildman–Crippen MR) is 108 cm³/mol. The molecule has 0 rings (SSSR count). The summed E-state index contributed by atoms with van der Waals surface area (Å²) in [6.45, 7) is 8.05. The smallest absolute Gasteiger partial charge is 0.302 e. The molecule has 26 heavy (non-hydrogen) atoms. The van der Waals surface area contributed by atoms with Gasteiger partial charge < -0.3 is 14.9 Å². The normalized spacial score (nSPS) is 12.9. The maximum atomic E-state index is 11.1. The number of rotatable bonds is 13.